The third-order valence-electron chi connectivity index (χ3n) is 5.18. The van der Waals surface area contributed by atoms with E-state index < -0.39 is 17.8 Å². The first-order valence-corrected chi connectivity index (χ1v) is 11.5. The number of nitrogens with zero attached hydrogens (tertiary/aromatic N) is 1. The van der Waals surface area contributed by atoms with Gasteiger partial charge < -0.3 is 14.3 Å². The zero-order chi connectivity index (χ0) is 21.8. The number of furan rings is 1. The fourth-order valence-electron chi connectivity index (χ4n) is 3.56. The Hall–Kier alpha value is -3.63. The second kappa shape index (κ2) is 8.62. The van der Waals surface area contributed by atoms with Crippen molar-refractivity contribution < 1.29 is 13.9 Å². The topological polar surface area (TPSA) is 85.4 Å². The van der Waals surface area contributed by atoms with Crippen molar-refractivity contribution in [2.24, 2.45) is 0 Å². The Morgan fingerprint density at radius 3 is 2.03 bits per heavy atom. The summed E-state index contributed by atoms with van der Waals surface area (Å²) in [5, 5.41) is 16.0. The maximum absolute atomic E-state index is 14.9. The van der Waals surface area contributed by atoms with E-state index in [0.717, 1.165) is 5.56 Å². The Balaban J connectivity index is 1.92. The molecule has 1 N–H and O–H groups in total. The molecule has 0 aliphatic heterocycles. The third-order valence-corrected chi connectivity index (χ3v) is 8.42. The summed E-state index contributed by atoms with van der Waals surface area (Å²) in [6.45, 7) is 1.85. The number of non-ortho nitro benzene ring substituents is 1. The number of hydrogen-bond acceptors (Lipinski definition) is 5. The van der Waals surface area contributed by atoms with Gasteiger partial charge in [0.1, 0.15) is 11.5 Å². The highest BCUT2D eigenvalue weighted by atomic mass is 31.2. The van der Waals surface area contributed by atoms with Crippen LogP contribution in [0.15, 0.2) is 102 Å². The van der Waals surface area contributed by atoms with Crippen LogP contribution in [0.2, 0.25) is 0 Å². The molecule has 1 heterocycles. The van der Waals surface area contributed by atoms with Gasteiger partial charge in [-0.2, -0.15) is 0 Å². The zero-order valence-corrected chi connectivity index (χ0v) is 17.7. The summed E-state index contributed by atoms with van der Waals surface area (Å²) in [4.78, 5) is 10.9. The first-order valence-electron chi connectivity index (χ1n) is 9.76. The predicted molar refractivity (Wildman–Crippen MR) is 123 cm³/mol. The molecule has 0 spiro atoms. The lowest BCUT2D eigenvalue weighted by Gasteiger charge is -2.29. The van der Waals surface area contributed by atoms with E-state index in [1.165, 1.54) is 18.4 Å². The summed E-state index contributed by atoms with van der Waals surface area (Å²) in [5.41, 5.74) is 1.29. The molecule has 0 saturated carbocycles. The zero-order valence-electron chi connectivity index (χ0n) is 16.8. The third kappa shape index (κ3) is 4.03. The highest BCUT2D eigenvalue weighted by molar-refractivity contribution is 7.79. The quantitative estimate of drug-likeness (QED) is 0.233. The van der Waals surface area contributed by atoms with E-state index in [1.807, 2.05) is 67.6 Å². The smallest absolute Gasteiger partial charge is 0.271 e. The van der Waals surface area contributed by atoms with Gasteiger partial charge in [-0.15, -0.1) is 0 Å². The molecular weight excluding hydrogens is 411 g/mol. The number of rotatable bonds is 7. The van der Waals surface area contributed by atoms with Gasteiger partial charge >= 0.3 is 0 Å². The standard InChI is InChI=1S/C24H21N2O4P/c1-18-14-15-19(26(27)28)17-22(18)25-24(23-13-8-16-30-23)31(29,20-9-4-2-5-10-20)21-11-6-3-7-12-21/h2-17,24-25H,1H3/t24-/m1/s1. The molecule has 4 aromatic rings. The van der Waals surface area contributed by atoms with Gasteiger partial charge in [-0.3, -0.25) is 10.1 Å². The maximum Gasteiger partial charge on any atom is 0.271 e. The molecule has 1 aromatic heterocycles. The second-order valence-corrected chi connectivity index (χ2v) is 10.0. The van der Waals surface area contributed by atoms with Crippen molar-refractivity contribution in [3.63, 3.8) is 0 Å². The average molecular weight is 432 g/mol. The first kappa shape index (κ1) is 20.6. The molecule has 0 amide bonds. The molecule has 0 aliphatic carbocycles. The molecule has 31 heavy (non-hydrogen) atoms. The van der Waals surface area contributed by atoms with E-state index in [-0.39, 0.29) is 5.69 Å². The molecule has 4 rings (SSSR count). The van der Waals surface area contributed by atoms with Crippen molar-refractivity contribution in [2.75, 3.05) is 5.32 Å². The van der Waals surface area contributed by atoms with Crippen molar-refractivity contribution in [3.05, 3.63) is 119 Å². The number of anilines is 1. The molecule has 3 aromatic carbocycles. The lowest BCUT2D eigenvalue weighted by atomic mass is 10.2. The molecule has 0 radical (unpaired) electrons. The van der Waals surface area contributed by atoms with Crippen LogP contribution in [0.5, 0.6) is 0 Å². The van der Waals surface area contributed by atoms with Crippen LogP contribution in [0.1, 0.15) is 17.1 Å². The Morgan fingerprint density at radius 1 is 0.903 bits per heavy atom. The molecule has 0 unspecified atom stereocenters. The normalized spacial score (nSPS) is 12.3. The van der Waals surface area contributed by atoms with Crippen LogP contribution < -0.4 is 15.9 Å². The average Bonchev–Trinajstić information content (AvgIpc) is 3.33. The SMILES string of the molecule is Cc1ccc([N+](=O)[O-])cc1N[C@@H](c1ccco1)P(=O)(c1ccccc1)c1ccccc1. The molecule has 0 fully saturated rings. The van der Waals surface area contributed by atoms with Gasteiger partial charge in [0.05, 0.1) is 11.2 Å². The summed E-state index contributed by atoms with van der Waals surface area (Å²) in [7, 11) is -3.32. The van der Waals surface area contributed by atoms with Gasteiger partial charge in [0.15, 0.2) is 7.14 Å². The van der Waals surface area contributed by atoms with Crippen molar-refractivity contribution in [2.45, 2.75) is 12.7 Å². The maximum atomic E-state index is 14.9. The number of hydrogen-bond donors (Lipinski definition) is 1. The van der Waals surface area contributed by atoms with Crippen LogP contribution in [0, 0.1) is 17.0 Å². The molecule has 1 atom stereocenters. The number of benzene rings is 3. The number of nitro groups is 1. The lowest BCUT2D eigenvalue weighted by molar-refractivity contribution is -0.384. The Morgan fingerprint density at radius 2 is 1.52 bits per heavy atom. The van der Waals surface area contributed by atoms with Crippen LogP contribution in [-0.4, -0.2) is 4.92 Å². The predicted octanol–water partition coefficient (Wildman–Crippen LogP) is 5.62. The van der Waals surface area contributed by atoms with Crippen molar-refractivity contribution in [1.29, 1.82) is 0 Å². The first-order chi connectivity index (χ1) is 15.0. The van der Waals surface area contributed by atoms with E-state index in [1.54, 1.807) is 18.2 Å². The summed E-state index contributed by atoms with van der Waals surface area (Å²) in [6.07, 6.45) is 1.53. The molecule has 6 nitrogen and oxygen atoms in total. The summed E-state index contributed by atoms with van der Waals surface area (Å²) < 4.78 is 20.6. The van der Waals surface area contributed by atoms with Gasteiger partial charge in [-0.1, -0.05) is 66.7 Å². The van der Waals surface area contributed by atoms with E-state index in [2.05, 4.69) is 5.32 Å². The lowest BCUT2D eigenvalue weighted by Crippen LogP contribution is -2.25. The minimum atomic E-state index is -3.32. The molecule has 7 heteroatoms. The fraction of sp³-hybridized carbons (Fsp3) is 0.0833. The largest absolute Gasteiger partial charge is 0.467 e. The summed E-state index contributed by atoms with van der Waals surface area (Å²) in [6, 6.07) is 26.6. The highest BCUT2D eigenvalue weighted by Gasteiger charge is 2.40. The van der Waals surface area contributed by atoms with E-state index in [0.29, 0.717) is 22.1 Å². The van der Waals surface area contributed by atoms with Crippen LogP contribution in [0.3, 0.4) is 0 Å². The van der Waals surface area contributed by atoms with E-state index in [4.69, 9.17) is 4.42 Å². The van der Waals surface area contributed by atoms with Crippen molar-refractivity contribution in [3.8, 4) is 0 Å². The molecule has 156 valence electrons. The highest BCUT2D eigenvalue weighted by Crippen LogP contribution is 2.57. The Kier molecular flexibility index (Phi) is 5.74. The van der Waals surface area contributed by atoms with Crippen LogP contribution in [0.25, 0.3) is 0 Å². The minimum absolute atomic E-state index is 0.0412. The van der Waals surface area contributed by atoms with E-state index in [9.17, 15) is 14.7 Å². The van der Waals surface area contributed by atoms with Crippen LogP contribution in [-0.2, 0) is 4.57 Å². The Bertz CT molecular complexity index is 1180. The molecule has 0 saturated heterocycles. The van der Waals surface area contributed by atoms with Crippen LogP contribution in [0.4, 0.5) is 11.4 Å². The van der Waals surface area contributed by atoms with Crippen molar-refractivity contribution >= 4 is 29.1 Å². The Labute approximate surface area is 180 Å². The summed E-state index contributed by atoms with van der Waals surface area (Å²) >= 11 is 0. The number of nitro benzene ring substituents is 1. The van der Waals surface area contributed by atoms with Gasteiger partial charge in [0.2, 0.25) is 0 Å². The van der Waals surface area contributed by atoms with Crippen LogP contribution >= 0.6 is 7.14 Å². The molecule has 0 aliphatic rings. The minimum Gasteiger partial charge on any atom is -0.467 e. The monoisotopic (exact) mass is 432 g/mol. The second-order valence-electron chi connectivity index (χ2n) is 7.15. The number of nitrogens with one attached hydrogen (secondary N) is 1. The van der Waals surface area contributed by atoms with Crippen molar-refractivity contribution in [1.82, 2.24) is 0 Å². The van der Waals surface area contributed by atoms with Gasteiger partial charge in [-0.05, 0) is 24.6 Å². The number of aryl methyl sites for hydroxylation is 1. The molecular formula is C24H21N2O4P. The summed E-state index contributed by atoms with van der Waals surface area (Å²) in [5.74, 6) is -0.269. The van der Waals surface area contributed by atoms with Gasteiger partial charge in [-0.25, -0.2) is 0 Å². The van der Waals surface area contributed by atoms with Gasteiger partial charge in [0, 0.05) is 28.4 Å². The molecule has 0 bridgehead atoms. The van der Waals surface area contributed by atoms with Gasteiger partial charge in [0.25, 0.3) is 5.69 Å². The fourth-order valence-corrected chi connectivity index (χ4v) is 6.51. The van der Waals surface area contributed by atoms with E-state index >= 15 is 0 Å².